The molecule has 6 heteroatoms. The van der Waals surface area contributed by atoms with E-state index in [1.807, 2.05) is 32.0 Å². The third-order valence-corrected chi connectivity index (χ3v) is 3.85. The van der Waals surface area contributed by atoms with E-state index in [4.69, 9.17) is 0 Å². The molecule has 0 atom stereocenters. The number of pyridine rings is 1. The van der Waals surface area contributed by atoms with Gasteiger partial charge in [-0.2, -0.15) is 0 Å². The number of nitrogens with one attached hydrogen (secondary N) is 2. The van der Waals surface area contributed by atoms with Gasteiger partial charge in [-0.15, -0.1) is 0 Å². The highest BCUT2D eigenvalue weighted by Gasteiger charge is 2.09. The number of aryl methyl sites for hydroxylation is 1. The Morgan fingerprint density at radius 2 is 2.11 bits per heavy atom. The van der Waals surface area contributed by atoms with Crippen LogP contribution >= 0.6 is 0 Å². The van der Waals surface area contributed by atoms with Gasteiger partial charge in [0.05, 0.1) is 18.0 Å². The van der Waals surface area contributed by atoms with Gasteiger partial charge in [-0.05, 0) is 38.6 Å². The number of aromatic nitrogens is 1. The molecule has 0 bridgehead atoms. The van der Waals surface area contributed by atoms with Crippen molar-refractivity contribution in [2.24, 2.45) is 0 Å². The molecule has 102 valence electrons. The summed E-state index contributed by atoms with van der Waals surface area (Å²) in [5.74, 6) is 0.145. The second kappa shape index (κ2) is 7.45. The van der Waals surface area contributed by atoms with Gasteiger partial charge in [0.2, 0.25) is 10.0 Å². The van der Waals surface area contributed by atoms with Crippen LogP contribution in [0.3, 0.4) is 0 Å². The summed E-state index contributed by atoms with van der Waals surface area (Å²) in [5.41, 5.74) is 1.63. The lowest BCUT2D eigenvalue weighted by molar-refractivity contribution is 0.574. The molecule has 0 radical (unpaired) electrons. The molecule has 0 aromatic carbocycles. The minimum absolute atomic E-state index is 0.145. The standard InChI is InChI=1S/C12H21N3O2S/c1-3-13-8-5-9-18(16,17)14-10-12-7-4-6-11(2)15-12/h4,6-7,13-14H,3,5,8-10H2,1-2H3. The molecule has 5 nitrogen and oxygen atoms in total. The van der Waals surface area contributed by atoms with Gasteiger partial charge >= 0.3 is 0 Å². The Bertz CT molecular complexity index is 460. The Balaban J connectivity index is 2.37. The number of hydrogen-bond donors (Lipinski definition) is 2. The van der Waals surface area contributed by atoms with Crippen molar-refractivity contribution >= 4 is 10.0 Å². The zero-order valence-corrected chi connectivity index (χ0v) is 11.8. The Kier molecular flexibility index (Phi) is 6.24. The predicted octanol–water partition coefficient (Wildman–Crippen LogP) is 0.809. The molecular weight excluding hydrogens is 250 g/mol. The van der Waals surface area contributed by atoms with E-state index in [-0.39, 0.29) is 12.3 Å². The van der Waals surface area contributed by atoms with Gasteiger partial charge in [0.1, 0.15) is 0 Å². The summed E-state index contributed by atoms with van der Waals surface area (Å²) in [6.45, 7) is 5.72. The van der Waals surface area contributed by atoms with Crippen LogP contribution in [0, 0.1) is 6.92 Å². The van der Waals surface area contributed by atoms with Crippen molar-refractivity contribution in [3.63, 3.8) is 0 Å². The van der Waals surface area contributed by atoms with Crippen molar-refractivity contribution in [1.82, 2.24) is 15.0 Å². The SMILES string of the molecule is CCNCCCS(=O)(=O)NCc1cccc(C)n1. The molecular formula is C12H21N3O2S. The van der Waals surface area contributed by atoms with Gasteiger partial charge in [0.15, 0.2) is 0 Å². The van der Waals surface area contributed by atoms with Crippen molar-refractivity contribution in [2.45, 2.75) is 26.8 Å². The Morgan fingerprint density at radius 3 is 2.78 bits per heavy atom. The normalized spacial score (nSPS) is 11.7. The van der Waals surface area contributed by atoms with Crippen LogP contribution in [0.1, 0.15) is 24.7 Å². The lowest BCUT2D eigenvalue weighted by atomic mass is 10.3. The maximum atomic E-state index is 11.7. The molecule has 1 rings (SSSR count). The summed E-state index contributed by atoms with van der Waals surface area (Å²) in [5, 5.41) is 3.10. The zero-order chi connectivity index (χ0) is 13.4. The summed E-state index contributed by atoms with van der Waals surface area (Å²) >= 11 is 0. The Hall–Kier alpha value is -0.980. The minimum atomic E-state index is -3.20. The van der Waals surface area contributed by atoms with Crippen LogP contribution < -0.4 is 10.0 Å². The van der Waals surface area contributed by atoms with Crippen LogP contribution in [-0.2, 0) is 16.6 Å². The molecule has 1 heterocycles. The fourth-order valence-electron chi connectivity index (χ4n) is 1.52. The molecule has 1 aromatic heterocycles. The average molecular weight is 271 g/mol. The number of hydrogen-bond acceptors (Lipinski definition) is 4. The predicted molar refractivity (Wildman–Crippen MR) is 72.8 cm³/mol. The summed E-state index contributed by atoms with van der Waals surface area (Å²) < 4.78 is 25.9. The summed E-state index contributed by atoms with van der Waals surface area (Å²) in [6, 6.07) is 5.57. The lowest BCUT2D eigenvalue weighted by Gasteiger charge is -2.07. The highest BCUT2D eigenvalue weighted by atomic mass is 32.2. The smallest absolute Gasteiger partial charge is 0.211 e. The van der Waals surface area contributed by atoms with Gasteiger partial charge < -0.3 is 5.32 Å². The van der Waals surface area contributed by atoms with Crippen LogP contribution in [0.4, 0.5) is 0 Å². The summed E-state index contributed by atoms with van der Waals surface area (Å²) in [6.07, 6.45) is 0.615. The van der Waals surface area contributed by atoms with Crippen LogP contribution in [0.5, 0.6) is 0 Å². The van der Waals surface area contributed by atoms with E-state index in [2.05, 4.69) is 15.0 Å². The van der Waals surface area contributed by atoms with Gasteiger partial charge in [-0.3, -0.25) is 4.98 Å². The number of rotatable bonds is 8. The second-order valence-corrected chi connectivity index (χ2v) is 6.04. The molecule has 1 aromatic rings. The van der Waals surface area contributed by atoms with Crippen LogP contribution in [0.2, 0.25) is 0 Å². The largest absolute Gasteiger partial charge is 0.317 e. The topological polar surface area (TPSA) is 71.1 Å². The monoisotopic (exact) mass is 271 g/mol. The highest BCUT2D eigenvalue weighted by Crippen LogP contribution is 1.99. The summed E-state index contributed by atoms with van der Waals surface area (Å²) in [4.78, 5) is 4.25. The van der Waals surface area contributed by atoms with E-state index in [0.717, 1.165) is 24.5 Å². The third-order valence-electron chi connectivity index (χ3n) is 2.44. The molecule has 18 heavy (non-hydrogen) atoms. The molecule has 0 saturated heterocycles. The van der Waals surface area contributed by atoms with Crippen LogP contribution in [0.25, 0.3) is 0 Å². The van der Waals surface area contributed by atoms with E-state index in [9.17, 15) is 8.42 Å². The molecule has 0 saturated carbocycles. The van der Waals surface area contributed by atoms with Crippen molar-refractivity contribution < 1.29 is 8.42 Å². The molecule has 0 aliphatic carbocycles. The molecule has 0 unspecified atom stereocenters. The van der Waals surface area contributed by atoms with Gasteiger partial charge in [0, 0.05) is 5.69 Å². The van der Waals surface area contributed by atoms with E-state index >= 15 is 0 Å². The quantitative estimate of drug-likeness (QED) is 0.686. The molecule has 0 spiro atoms. The fraction of sp³-hybridized carbons (Fsp3) is 0.583. The van der Waals surface area contributed by atoms with E-state index in [1.54, 1.807) is 0 Å². The van der Waals surface area contributed by atoms with E-state index in [0.29, 0.717) is 6.42 Å². The molecule has 0 amide bonds. The lowest BCUT2D eigenvalue weighted by Crippen LogP contribution is -2.28. The minimum Gasteiger partial charge on any atom is -0.317 e. The van der Waals surface area contributed by atoms with E-state index in [1.165, 1.54) is 0 Å². The highest BCUT2D eigenvalue weighted by molar-refractivity contribution is 7.89. The Morgan fingerprint density at radius 1 is 1.33 bits per heavy atom. The molecule has 2 N–H and O–H groups in total. The first kappa shape index (κ1) is 15.1. The van der Waals surface area contributed by atoms with Gasteiger partial charge in [-0.1, -0.05) is 13.0 Å². The maximum Gasteiger partial charge on any atom is 0.211 e. The van der Waals surface area contributed by atoms with Gasteiger partial charge in [-0.25, -0.2) is 13.1 Å². The zero-order valence-electron chi connectivity index (χ0n) is 10.9. The Labute approximate surface area is 109 Å². The van der Waals surface area contributed by atoms with Crippen molar-refractivity contribution in [3.8, 4) is 0 Å². The van der Waals surface area contributed by atoms with Crippen LogP contribution in [0.15, 0.2) is 18.2 Å². The van der Waals surface area contributed by atoms with Crippen molar-refractivity contribution in [1.29, 1.82) is 0 Å². The van der Waals surface area contributed by atoms with Crippen LogP contribution in [-0.4, -0.2) is 32.2 Å². The van der Waals surface area contributed by atoms with Gasteiger partial charge in [0.25, 0.3) is 0 Å². The second-order valence-electron chi connectivity index (χ2n) is 4.12. The summed E-state index contributed by atoms with van der Waals surface area (Å²) in [7, 11) is -3.20. The first-order chi connectivity index (χ1) is 8.53. The van der Waals surface area contributed by atoms with Crippen molar-refractivity contribution in [2.75, 3.05) is 18.8 Å². The molecule has 0 aliphatic rings. The molecule has 0 fully saturated rings. The van der Waals surface area contributed by atoms with Crippen molar-refractivity contribution in [3.05, 3.63) is 29.6 Å². The average Bonchev–Trinajstić information content (AvgIpc) is 2.33. The number of nitrogens with zero attached hydrogens (tertiary/aromatic N) is 1. The maximum absolute atomic E-state index is 11.7. The van der Waals surface area contributed by atoms with E-state index < -0.39 is 10.0 Å². The fourth-order valence-corrected chi connectivity index (χ4v) is 2.55. The molecule has 0 aliphatic heterocycles. The first-order valence-corrected chi connectivity index (χ1v) is 7.79. The third kappa shape index (κ3) is 6.09. The number of sulfonamides is 1. The first-order valence-electron chi connectivity index (χ1n) is 6.14.